The average molecular weight is 376 g/mol. The fraction of sp³-hybridized carbons (Fsp3) is 0.294. The first-order valence-corrected chi connectivity index (χ1v) is 8.25. The first-order chi connectivity index (χ1) is 10.9. The quantitative estimate of drug-likeness (QED) is 0.794. The van der Waals surface area contributed by atoms with Crippen LogP contribution in [-0.4, -0.2) is 20.7 Å². The van der Waals surface area contributed by atoms with Crippen LogP contribution in [-0.2, 0) is 0 Å². The van der Waals surface area contributed by atoms with Gasteiger partial charge < -0.3 is 10.4 Å². The minimum Gasteiger partial charge on any atom is -0.507 e. The van der Waals surface area contributed by atoms with Crippen molar-refractivity contribution in [1.29, 1.82) is 0 Å². The summed E-state index contributed by atoms with van der Waals surface area (Å²) in [7, 11) is 0. The van der Waals surface area contributed by atoms with Crippen LogP contribution in [0.4, 0.5) is 5.82 Å². The molecule has 1 unspecified atom stereocenters. The van der Waals surface area contributed by atoms with E-state index in [1.165, 1.54) is 6.07 Å². The van der Waals surface area contributed by atoms with Gasteiger partial charge >= 0.3 is 0 Å². The lowest BCUT2D eigenvalue weighted by atomic mass is 9.89. The Morgan fingerprint density at radius 3 is 2.74 bits per heavy atom. The average Bonchev–Trinajstić information content (AvgIpc) is 2.81. The summed E-state index contributed by atoms with van der Waals surface area (Å²) in [6, 6.07) is 6.41. The number of halogens is 1. The van der Waals surface area contributed by atoms with Gasteiger partial charge in [0.15, 0.2) is 5.78 Å². The summed E-state index contributed by atoms with van der Waals surface area (Å²) >= 11 is 3.53. The number of anilines is 1. The smallest absolute Gasteiger partial charge is 0.196 e. The third-order valence-corrected chi connectivity index (χ3v) is 4.95. The van der Waals surface area contributed by atoms with Gasteiger partial charge in [0.25, 0.3) is 0 Å². The van der Waals surface area contributed by atoms with Crippen molar-refractivity contribution >= 4 is 27.5 Å². The number of phenolic OH excluding ortho intramolecular Hbond substituents is 1. The summed E-state index contributed by atoms with van der Waals surface area (Å²) in [5, 5.41) is 17.7. The molecule has 0 bridgehead atoms. The molecule has 1 aromatic heterocycles. The zero-order valence-corrected chi connectivity index (χ0v) is 14.8. The van der Waals surface area contributed by atoms with Crippen LogP contribution in [0.1, 0.15) is 35.9 Å². The number of ketones is 1. The van der Waals surface area contributed by atoms with E-state index in [1.54, 1.807) is 24.4 Å². The van der Waals surface area contributed by atoms with Crippen LogP contribution < -0.4 is 5.32 Å². The number of rotatable bonds is 3. The van der Waals surface area contributed by atoms with Crippen molar-refractivity contribution in [3.8, 4) is 5.75 Å². The fourth-order valence-electron chi connectivity index (χ4n) is 2.88. The molecule has 2 aromatic rings. The highest BCUT2D eigenvalue weighted by molar-refractivity contribution is 9.10. The van der Waals surface area contributed by atoms with Crippen molar-refractivity contribution in [3.63, 3.8) is 0 Å². The number of benzene rings is 1. The summed E-state index contributed by atoms with van der Waals surface area (Å²) in [6.07, 6.45) is 1.72. The van der Waals surface area contributed by atoms with Crippen molar-refractivity contribution in [2.45, 2.75) is 26.8 Å². The van der Waals surface area contributed by atoms with Gasteiger partial charge in [-0.1, -0.05) is 26.0 Å². The molecule has 1 aromatic carbocycles. The summed E-state index contributed by atoms with van der Waals surface area (Å²) in [5.41, 5.74) is 1.75. The molecule has 23 heavy (non-hydrogen) atoms. The van der Waals surface area contributed by atoms with Gasteiger partial charge in [-0.2, -0.15) is 5.10 Å². The molecule has 3 rings (SSSR count). The molecule has 0 spiro atoms. The Bertz CT molecular complexity index is 808. The fourth-order valence-corrected chi connectivity index (χ4v) is 3.26. The van der Waals surface area contributed by atoms with E-state index in [0.29, 0.717) is 11.1 Å². The Hall–Kier alpha value is -2.08. The Balaban J connectivity index is 2.08. The highest BCUT2D eigenvalue weighted by Crippen LogP contribution is 2.39. The summed E-state index contributed by atoms with van der Waals surface area (Å²) in [5.74, 6) is 0.812. The summed E-state index contributed by atoms with van der Waals surface area (Å²) in [4.78, 5) is 12.9. The number of carbonyl (C=O) groups excluding carboxylic acids is 1. The van der Waals surface area contributed by atoms with Crippen LogP contribution in [0, 0.1) is 12.8 Å². The molecule has 2 N–H and O–H groups in total. The Morgan fingerprint density at radius 2 is 2.09 bits per heavy atom. The molecular formula is C17H18BrN3O2. The molecule has 1 atom stereocenters. The van der Waals surface area contributed by atoms with Crippen LogP contribution >= 0.6 is 15.9 Å². The van der Waals surface area contributed by atoms with Gasteiger partial charge in [-0.25, -0.2) is 4.68 Å². The van der Waals surface area contributed by atoms with E-state index in [0.717, 1.165) is 16.0 Å². The van der Waals surface area contributed by atoms with Gasteiger partial charge in [-0.15, -0.1) is 0 Å². The maximum absolute atomic E-state index is 12.9. The molecule has 0 saturated heterocycles. The Labute approximate surface area is 143 Å². The molecule has 0 fully saturated rings. The molecule has 0 aliphatic carbocycles. The molecule has 2 heterocycles. The number of nitrogens with one attached hydrogen (secondary N) is 1. The summed E-state index contributed by atoms with van der Waals surface area (Å²) < 4.78 is 2.74. The van der Waals surface area contributed by atoms with E-state index in [9.17, 15) is 9.90 Å². The molecule has 0 saturated carbocycles. The van der Waals surface area contributed by atoms with Gasteiger partial charge in [0, 0.05) is 11.8 Å². The predicted molar refractivity (Wildman–Crippen MR) is 92.7 cm³/mol. The van der Waals surface area contributed by atoms with Crippen molar-refractivity contribution in [1.82, 2.24) is 9.78 Å². The van der Waals surface area contributed by atoms with E-state index in [1.807, 2.05) is 11.6 Å². The van der Waals surface area contributed by atoms with Gasteiger partial charge in [-0.05, 0) is 40.9 Å². The predicted octanol–water partition coefficient (Wildman–Crippen LogP) is 4.05. The lowest BCUT2D eigenvalue weighted by molar-refractivity contribution is 0.101. The van der Waals surface area contributed by atoms with Crippen molar-refractivity contribution in [2.24, 2.45) is 5.92 Å². The first kappa shape index (κ1) is 15.8. The van der Waals surface area contributed by atoms with Gasteiger partial charge in [0.2, 0.25) is 0 Å². The van der Waals surface area contributed by atoms with E-state index in [-0.39, 0.29) is 23.5 Å². The number of aromatic hydroxyl groups is 1. The van der Waals surface area contributed by atoms with E-state index < -0.39 is 0 Å². The largest absolute Gasteiger partial charge is 0.507 e. The van der Waals surface area contributed by atoms with Crippen LogP contribution in [0.25, 0.3) is 0 Å². The number of allylic oxidation sites excluding steroid dienone is 1. The van der Waals surface area contributed by atoms with E-state index in [4.69, 9.17) is 0 Å². The number of hydrogen-bond donors (Lipinski definition) is 2. The topological polar surface area (TPSA) is 67.2 Å². The number of fused-ring (bicyclic) bond motifs is 1. The molecule has 0 radical (unpaired) electrons. The molecule has 6 heteroatoms. The molecule has 5 nitrogen and oxygen atoms in total. The Kier molecular flexibility index (Phi) is 4.02. The zero-order valence-electron chi connectivity index (χ0n) is 13.2. The molecule has 120 valence electrons. The molecule has 1 aliphatic rings. The maximum Gasteiger partial charge on any atom is 0.196 e. The SMILES string of the molecule is Cc1nn2c(c1Br)NC=C(C(=O)c1ccccc1O)C2C(C)C. The third-order valence-electron chi connectivity index (χ3n) is 4.00. The number of aromatic nitrogens is 2. The number of carbonyl (C=O) groups is 1. The Morgan fingerprint density at radius 1 is 1.39 bits per heavy atom. The monoisotopic (exact) mass is 375 g/mol. The van der Waals surface area contributed by atoms with Crippen molar-refractivity contribution < 1.29 is 9.90 Å². The number of para-hydroxylation sites is 1. The second-order valence-corrected chi connectivity index (χ2v) is 6.76. The second-order valence-electron chi connectivity index (χ2n) is 5.97. The van der Waals surface area contributed by atoms with Gasteiger partial charge in [0.1, 0.15) is 11.6 Å². The van der Waals surface area contributed by atoms with Crippen molar-refractivity contribution in [2.75, 3.05) is 5.32 Å². The number of nitrogens with zero attached hydrogens (tertiary/aromatic N) is 2. The number of Topliss-reactive ketones (excluding diaryl/α,β-unsaturated/α-hetero) is 1. The highest BCUT2D eigenvalue weighted by Gasteiger charge is 2.33. The maximum atomic E-state index is 12.9. The highest BCUT2D eigenvalue weighted by atomic mass is 79.9. The van der Waals surface area contributed by atoms with Crippen LogP contribution in [0.15, 0.2) is 40.5 Å². The molecule has 0 amide bonds. The lowest BCUT2D eigenvalue weighted by Crippen LogP contribution is -2.28. The standard InChI is InChI=1S/C17H18BrN3O2/c1-9(2)15-12(16(23)11-6-4-5-7-13(11)22)8-19-17-14(18)10(3)20-21(15)17/h4-9,15,19,22H,1-3H3. The number of aryl methyl sites for hydroxylation is 1. The minimum atomic E-state index is -0.191. The third kappa shape index (κ3) is 2.57. The van der Waals surface area contributed by atoms with Crippen LogP contribution in [0.3, 0.4) is 0 Å². The molecular weight excluding hydrogens is 358 g/mol. The molecule has 1 aliphatic heterocycles. The lowest BCUT2D eigenvalue weighted by Gasteiger charge is -2.29. The van der Waals surface area contributed by atoms with Gasteiger partial charge in [-0.3, -0.25) is 4.79 Å². The van der Waals surface area contributed by atoms with Gasteiger partial charge in [0.05, 0.1) is 21.8 Å². The van der Waals surface area contributed by atoms with Crippen LogP contribution in [0.2, 0.25) is 0 Å². The summed E-state index contributed by atoms with van der Waals surface area (Å²) in [6.45, 7) is 6.02. The van der Waals surface area contributed by atoms with E-state index in [2.05, 4.69) is 40.2 Å². The van der Waals surface area contributed by atoms with E-state index >= 15 is 0 Å². The van der Waals surface area contributed by atoms with Crippen molar-refractivity contribution in [3.05, 3.63) is 51.8 Å². The first-order valence-electron chi connectivity index (χ1n) is 7.45. The number of phenols is 1. The normalized spacial score (nSPS) is 16.7. The zero-order chi connectivity index (χ0) is 16.7. The number of hydrogen-bond acceptors (Lipinski definition) is 4. The minimum absolute atomic E-state index is 0.00969. The second kappa shape index (κ2) is 5.85. The van der Waals surface area contributed by atoms with Crippen LogP contribution in [0.5, 0.6) is 5.75 Å².